The van der Waals surface area contributed by atoms with E-state index in [9.17, 15) is 19.7 Å². The van der Waals surface area contributed by atoms with Gasteiger partial charge < -0.3 is 4.90 Å². The largest absolute Gasteiger partial charge is 0.332 e. The summed E-state index contributed by atoms with van der Waals surface area (Å²) in [5.41, 5.74) is -0.288. The first-order chi connectivity index (χ1) is 9.85. The summed E-state index contributed by atoms with van der Waals surface area (Å²) in [6.07, 6.45) is 0.358. The fourth-order valence-corrected chi connectivity index (χ4v) is 2.43. The molecule has 0 aromatic carbocycles. The number of anilines is 1. The number of halogens is 1. The summed E-state index contributed by atoms with van der Waals surface area (Å²) in [7, 11) is 0. The monoisotopic (exact) mass is 313 g/mol. The van der Waals surface area contributed by atoms with E-state index in [1.165, 1.54) is 11.8 Å². The smallest absolute Gasteiger partial charge is 0.329 e. The highest BCUT2D eigenvalue weighted by molar-refractivity contribution is 6.28. The number of hydrogen-bond donors (Lipinski definition) is 1. The Labute approximate surface area is 124 Å². The van der Waals surface area contributed by atoms with Gasteiger partial charge in [-0.25, -0.2) is 4.98 Å². The molecule has 1 fully saturated rings. The molecule has 10 heteroatoms. The Balaban J connectivity index is 2.60. The molecule has 1 aliphatic heterocycles. The lowest BCUT2D eigenvalue weighted by atomic mass is 10.1. The number of rotatable bonds is 3. The average Bonchev–Trinajstić information content (AvgIpc) is 2.36. The molecular formula is C11H12ClN5O4. The van der Waals surface area contributed by atoms with Gasteiger partial charge >= 0.3 is 5.69 Å². The second-order valence-corrected chi connectivity index (χ2v) is 4.81. The number of nitrogens with one attached hydrogen (secondary N) is 1. The number of hydrogen-bond acceptors (Lipinski definition) is 7. The molecule has 1 aliphatic rings. The van der Waals surface area contributed by atoms with Gasteiger partial charge in [-0.15, -0.1) is 0 Å². The van der Waals surface area contributed by atoms with Crippen LogP contribution in [0, 0.1) is 17.0 Å². The standard InChI is InChI=1S/C11H12ClN5O4/c1-3-6-10(19)14-7(18)4-16(6)9-8(17(20)21)5(2)13-11(12)15-9/h6H,3-4H2,1-2H3,(H,14,18,19). The highest BCUT2D eigenvalue weighted by Crippen LogP contribution is 2.32. The molecule has 1 N–H and O–H groups in total. The highest BCUT2D eigenvalue weighted by atomic mass is 35.5. The molecule has 21 heavy (non-hydrogen) atoms. The normalized spacial score (nSPS) is 18.6. The fourth-order valence-electron chi connectivity index (χ4n) is 2.23. The number of carbonyl (C=O) groups excluding carboxylic acids is 2. The van der Waals surface area contributed by atoms with E-state index in [1.807, 2.05) is 0 Å². The summed E-state index contributed by atoms with van der Waals surface area (Å²) < 4.78 is 0. The Hall–Kier alpha value is -2.29. The van der Waals surface area contributed by atoms with Gasteiger partial charge in [0.25, 0.3) is 0 Å². The Kier molecular flexibility index (Phi) is 4.03. The molecule has 2 amide bonds. The third-order valence-corrected chi connectivity index (χ3v) is 3.28. The molecule has 9 nitrogen and oxygen atoms in total. The van der Waals surface area contributed by atoms with Crippen molar-refractivity contribution in [2.75, 3.05) is 11.4 Å². The zero-order valence-corrected chi connectivity index (χ0v) is 12.0. The Morgan fingerprint density at radius 3 is 2.71 bits per heavy atom. The van der Waals surface area contributed by atoms with Gasteiger partial charge in [0.05, 0.1) is 11.5 Å². The van der Waals surface area contributed by atoms with Gasteiger partial charge in [0.1, 0.15) is 11.7 Å². The van der Waals surface area contributed by atoms with Crippen LogP contribution in [0.2, 0.25) is 5.28 Å². The number of amides is 2. The molecule has 2 rings (SSSR count). The molecule has 2 heterocycles. The van der Waals surface area contributed by atoms with Crippen molar-refractivity contribution < 1.29 is 14.5 Å². The fraction of sp³-hybridized carbons (Fsp3) is 0.455. The lowest BCUT2D eigenvalue weighted by Gasteiger charge is -2.33. The van der Waals surface area contributed by atoms with Crippen LogP contribution in [0.1, 0.15) is 19.0 Å². The van der Waals surface area contributed by atoms with Crippen LogP contribution < -0.4 is 10.2 Å². The number of aryl methyl sites for hydroxylation is 1. The SMILES string of the molecule is CCC1C(=O)NC(=O)CN1c1nc(Cl)nc(C)c1[N+](=O)[O-]. The summed E-state index contributed by atoms with van der Waals surface area (Å²) in [5.74, 6) is -1.19. The number of imide groups is 1. The quantitative estimate of drug-likeness (QED) is 0.375. The Morgan fingerprint density at radius 1 is 1.48 bits per heavy atom. The first-order valence-electron chi connectivity index (χ1n) is 6.14. The first-order valence-corrected chi connectivity index (χ1v) is 6.51. The minimum atomic E-state index is -0.730. The highest BCUT2D eigenvalue weighted by Gasteiger charge is 2.38. The Morgan fingerprint density at radius 2 is 2.14 bits per heavy atom. The minimum Gasteiger partial charge on any atom is -0.329 e. The maximum absolute atomic E-state index is 11.9. The van der Waals surface area contributed by atoms with Crippen LogP contribution in [-0.2, 0) is 9.59 Å². The lowest BCUT2D eigenvalue weighted by Crippen LogP contribution is -2.58. The summed E-state index contributed by atoms with van der Waals surface area (Å²) in [6, 6.07) is -0.730. The van der Waals surface area contributed by atoms with Crippen molar-refractivity contribution in [3.8, 4) is 0 Å². The van der Waals surface area contributed by atoms with Gasteiger partial charge in [-0.1, -0.05) is 6.92 Å². The zero-order chi connectivity index (χ0) is 15.7. The predicted octanol–water partition coefficient (Wildman–Crippen LogP) is 0.588. The van der Waals surface area contributed by atoms with Gasteiger partial charge in [-0.05, 0) is 24.9 Å². The molecular weight excluding hydrogens is 302 g/mol. The number of carbonyl (C=O) groups is 2. The second-order valence-electron chi connectivity index (χ2n) is 4.47. The zero-order valence-electron chi connectivity index (χ0n) is 11.3. The molecule has 1 aromatic rings. The van der Waals surface area contributed by atoms with E-state index in [-0.39, 0.29) is 29.0 Å². The first kappa shape index (κ1) is 15.1. The molecule has 1 aromatic heterocycles. The van der Waals surface area contributed by atoms with Crippen LogP contribution in [0.4, 0.5) is 11.5 Å². The van der Waals surface area contributed by atoms with Gasteiger partial charge in [-0.3, -0.25) is 25.0 Å². The van der Waals surface area contributed by atoms with Gasteiger partial charge in [0.15, 0.2) is 0 Å². The minimum absolute atomic E-state index is 0.0725. The van der Waals surface area contributed by atoms with E-state index in [0.29, 0.717) is 6.42 Å². The average molecular weight is 314 g/mol. The van der Waals surface area contributed by atoms with Gasteiger partial charge in [0.2, 0.25) is 22.9 Å². The van der Waals surface area contributed by atoms with Gasteiger partial charge in [-0.2, -0.15) is 4.98 Å². The number of piperazine rings is 1. The van der Waals surface area contributed by atoms with E-state index in [4.69, 9.17) is 11.6 Å². The molecule has 1 unspecified atom stereocenters. The second kappa shape index (κ2) is 5.60. The van der Waals surface area contributed by atoms with E-state index in [1.54, 1.807) is 6.92 Å². The van der Waals surface area contributed by atoms with E-state index in [2.05, 4.69) is 15.3 Å². The van der Waals surface area contributed by atoms with Crippen molar-refractivity contribution in [2.24, 2.45) is 0 Å². The van der Waals surface area contributed by atoms with Gasteiger partial charge in [0, 0.05) is 0 Å². The number of nitro groups is 1. The lowest BCUT2D eigenvalue weighted by molar-refractivity contribution is -0.385. The van der Waals surface area contributed by atoms with Crippen molar-refractivity contribution in [3.63, 3.8) is 0 Å². The molecule has 0 aliphatic carbocycles. The molecule has 1 saturated heterocycles. The van der Waals surface area contributed by atoms with Crippen LogP contribution in [-0.4, -0.2) is 39.3 Å². The van der Waals surface area contributed by atoms with Crippen LogP contribution in [0.3, 0.4) is 0 Å². The summed E-state index contributed by atoms with van der Waals surface area (Å²) >= 11 is 5.75. The van der Waals surface area contributed by atoms with Crippen molar-refractivity contribution in [2.45, 2.75) is 26.3 Å². The molecule has 0 spiro atoms. The molecule has 0 saturated carbocycles. The van der Waals surface area contributed by atoms with Crippen molar-refractivity contribution in [1.82, 2.24) is 15.3 Å². The predicted molar refractivity (Wildman–Crippen MR) is 73.0 cm³/mol. The van der Waals surface area contributed by atoms with E-state index in [0.717, 1.165) is 0 Å². The molecule has 112 valence electrons. The maximum Gasteiger partial charge on any atom is 0.332 e. The van der Waals surface area contributed by atoms with Crippen LogP contribution in [0.25, 0.3) is 0 Å². The third kappa shape index (κ3) is 2.77. The van der Waals surface area contributed by atoms with Crippen molar-refractivity contribution >= 4 is 34.9 Å². The van der Waals surface area contributed by atoms with Crippen molar-refractivity contribution in [3.05, 3.63) is 21.1 Å². The third-order valence-electron chi connectivity index (χ3n) is 3.11. The van der Waals surface area contributed by atoms with Crippen LogP contribution >= 0.6 is 11.6 Å². The topological polar surface area (TPSA) is 118 Å². The number of nitrogens with zero attached hydrogens (tertiary/aromatic N) is 4. The van der Waals surface area contributed by atoms with Crippen LogP contribution in [0.5, 0.6) is 0 Å². The number of aromatic nitrogens is 2. The molecule has 0 bridgehead atoms. The molecule has 0 radical (unpaired) electrons. The summed E-state index contributed by atoms with van der Waals surface area (Å²) in [4.78, 5) is 42.9. The summed E-state index contributed by atoms with van der Waals surface area (Å²) in [5, 5.41) is 13.2. The van der Waals surface area contributed by atoms with E-state index >= 15 is 0 Å². The summed E-state index contributed by atoms with van der Waals surface area (Å²) in [6.45, 7) is 2.94. The maximum atomic E-state index is 11.9. The van der Waals surface area contributed by atoms with E-state index < -0.39 is 22.8 Å². The molecule has 1 atom stereocenters. The Bertz CT molecular complexity index is 635. The van der Waals surface area contributed by atoms with Crippen molar-refractivity contribution in [1.29, 1.82) is 0 Å². The van der Waals surface area contributed by atoms with Crippen LogP contribution in [0.15, 0.2) is 0 Å².